The molecule has 0 saturated carbocycles. The molecule has 0 N–H and O–H groups in total. The molecular weight excluding hydrogens is 398 g/mol. The van der Waals surface area contributed by atoms with Crippen LogP contribution in [0.4, 0.5) is 0 Å². The Bertz CT molecular complexity index is 1100. The predicted octanol–water partition coefficient (Wildman–Crippen LogP) is 3.94. The molecule has 0 bridgehead atoms. The maximum atomic E-state index is 6.19. The van der Waals surface area contributed by atoms with Crippen molar-refractivity contribution in [3.05, 3.63) is 59.5 Å². The van der Waals surface area contributed by atoms with Gasteiger partial charge in [-0.25, -0.2) is 4.98 Å². The Kier molecular flexibility index (Phi) is 5.49. The van der Waals surface area contributed by atoms with Gasteiger partial charge in [0.2, 0.25) is 12.5 Å². The van der Waals surface area contributed by atoms with E-state index in [1.165, 1.54) is 13.5 Å². The predicted molar refractivity (Wildman–Crippen MR) is 107 cm³/mol. The van der Waals surface area contributed by atoms with E-state index in [0.29, 0.717) is 17.3 Å². The number of hydrogen-bond acceptors (Lipinski definition) is 10. The van der Waals surface area contributed by atoms with Gasteiger partial charge in [-0.2, -0.15) is 0 Å². The second kappa shape index (κ2) is 8.36. The molecule has 1 aromatic carbocycles. The van der Waals surface area contributed by atoms with E-state index in [4.69, 9.17) is 14.0 Å². The number of aromatic nitrogens is 4. The van der Waals surface area contributed by atoms with Crippen molar-refractivity contribution in [2.24, 2.45) is 5.16 Å². The van der Waals surface area contributed by atoms with Crippen molar-refractivity contribution in [3.8, 4) is 5.75 Å². The molecule has 1 unspecified atom stereocenters. The summed E-state index contributed by atoms with van der Waals surface area (Å²) in [6.07, 6.45) is 5.96. The van der Waals surface area contributed by atoms with E-state index in [1.54, 1.807) is 41.0 Å². The van der Waals surface area contributed by atoms with E-state index in [1.807, 2.05) is 30.5 Å². The van der Waals surface area contributed by atoms with E-state index < -0.39 is 6.10 Å². The summed E-state index contributed by atoms with van der Waals surface area (Å²) in [5, 5.41) is 11.7. The molecule has 10 heteroatoms. The molecule has 3 heterocycles. The summed E-state index contributed by atoms with van der Waals surface area (Å²) in [5.74, 6) is 0.964. The van der Waals surface area contributed by atoms with Gasteiger partial charge in [-0.15, -0.1) is 33.3 Å². The SMILES string of the molecule is CO/N=C/c1cc(C(Oc2ccc3ncsc3c2)c2nnco2)ncc1SC. The molecule has 0 spiro atoms. The second-order valence-electron chi connectivity index (χ2n) is 5.52. The zero-order chi connectivity index (χ0) is 19.3. The van der Waals surface area contributed by atoms with Gasteiger partial charge in [-0.3, -0.25) is 4.98 Å². The third-order valence-corrected chi connectivity index (χ3v) is 5.44. The zero-order valence-corrected chi connectivity index (χ0v) is 16.6. The molecule has 4 aromatic rings. The van der Waals surface area contributed by atoms with Crippen molar-refractivity contribution >= 4 is 39.5 Å². The van der Waals surface area contributed by atoms with Crippen LogP contribution in [0.5, 0.6) is 5.75 Å². The Morgan fingerprint density at radius 2 is 2.21 bits per heavy atom. The van der Waals surface area contributed by atoms with Crippen LogP contribution in [0, 0.1) is 0 Å². The summed E-state index contributed by atoms with van der Waals surface area (Å²) in [5.41, 5.74) is 4.19. The van der Waals surface area contributed by atoms with E-state index in [-0.39, 0.29) is 0 Å². The van der Waals surface area contributed by atoms with Crippen molar-refractivity contribution in [2.75, 3.05) is 13.4 Å². The molecule has 0 aliphatic rings. The summed E-state index contributed by atoms with van der Waals surface area (Å²) in [4.78, 5) is 14.6. The van der Waals surface area contributed by atoms with Gasteiger partial charge in [0.05, 0.1) is 27.6 Å². The standard InChI is InChI=1S/C18H15N5O3S2/c1-24-22-7-11-5-14(19-8-16(11)27-2)17(18-23-21-9-25-18)26-12-3-4-13-15(6-12)28-10-20-13/h3-10,17H,1-2H3/b22-7+. The summed E-state index contributed by atoms with van der Waals surface area (Å²) >= 11 is 3.11. The van der Waals surface area contributed by atoms with Gasteiger partial charge in [-0.1, -0.05) is 5.16 Å². The largest absolute Gasteiger partial charge is 0.474 e. The number of benzene rings is 1. The van der Waals surface area contributed by atoms with Gasteiger partial charge < -0.3 is 14.0 Å². The van der Waals surface area contributed by atoms with E-state index in [9.17, 15) is 0 Å². The number of pyridine rings is 1. The van der Waals surface area contributed by atoms with Crippen LogP contribution in [0.15, 0.2) is 56.8 Å². The van der Waals surface area contributed by atoms with Crippen LogP contribution >= 0.6 is 23.1 Å². The van der Waals surface area contributed by atoms with E-state index in [2.05, 4.69) is 25.3 Å². The van der Waals surface area contributed by atoms with Gasteiger partial charge in [0.25, 0.3) is 5.89 Å². The van der Waals surface area contributed by atoms with Crippen LogP contribution < -0.4 is 4.74 Å². The second-order valence-corrected chi connectivity index (χ2v) is 7.26. The van der Waals surface area contributed by atoms with Crippen LogP contribution in [0.1, 0.15) is 23.3 Å². The summed E-state index contributed by atoms with van der Waals surface area (Å²) in [7, 11) is 1.50. The molecule has 0 saturated heterocycles. The number of ether oxygens (including phenoxy) is 1. The quantitative estimate of drug-likeness (QED) is 0.255. The minimum Gasteiger partial charge on any atom is -0.474 e. The van der Waals surface area contributed by atoms with Gasteiger partial charge in [0.15, 0.2) is 0 Å². The van der Waals surface area contributed by atoms with Crippen molar-refractivity contribution in [2.45, 2.75) is 11.0 Å². The maximum Gasteiger partial charge on any atom is 0.263 e. The lowest BCUT2D eigenvalue weighted by Crippen LogP contribution is -2.12. The highest BCUT2D eigenvalue weighted by Gasteiger charge is 2.24. The van der Waals surface area contributed by atoms with E-state index >= 15 is 0 Å². The van der Waals surface area contributed by atoms with Gasteiger partial charge in [-0.05, 0) is 30.5 Å². The third kappa shape index (κ3) is 3.82. The Morgan fingerprint density at radius 1 is 1.29 bits per heavy atom. The number of thiazole rings is 1. The number of rotatable bonds is 7. The molecule has 4 rings (SSSR count). The fourth-order valence-corrected chi connectivity index (χ4v) is 3.79. The third-order valence-electron chi connectivity index (χ3n) is 3.86. The van der Waals surface area contributed by atoms with Crippen molar-refractivity contribution in [3.63, 3.8) is 0 Å². The first-order valence-electron chi connectivity index (χ1n) is 8.15. The number of oxime groups is 1. The first kappa shape index (κ1) is 18.4. The molecule has 0 amide bonds. The van der Waals surface area contributed by atoms with Crippen LogP contribution in [0.2, 0.25) is 0 Å². The summed E-state index contributed by atoms with van der Waals surface area (Å²) in [6, 6.07) is 7.57. The lowest BCUT2D eigenvalue weighted by molar-refractivity contribution is 0.203. The lowest BCUT2D eigenvalue weighted by atomic mass is 10.1. The Labute approximate surface area is 168 Å². The number of thioether (sulfide) groups is 1. The number of nitrogens with zero attached hydrogens (tertiary/aromatic N) is 5. The number of hydrogen-bond donors (Lipinski definition) is 0. The minimum absolute atomic E-state index is 0.309. The first-order chi connectivity index (χ1) is 13.8. The van der Waals surface area contributed by atoms with Crippen molar-refractivity contribution < 1.29 is 14.0 Å². The van der Waals surface area contributed by atoms with Crippen LogP contribution in [0.3, 0.4) is 0 Å². The molecular formula is C18H15N5O3S2. The molecule has 28 heavy (non-hydrogen) atoms. The highest BCUT2D eigenvalue weighted by Crippen LogP contribution is 2.31. The minimum atomic E-state index is -0.668. The van der Waals surface area contributed by atoms with Crippen LogP contribution in [0.25, 0.3) is 10.2 Å². The fourth-order valence-electron chi connectivity index (χ4n) is 2.58. The number of fused-ring (bicyclic) bond motifs is 1. The molecule has 0 aliphatic heterocycles. The maximum absolute atomic E-state index is 6.19. The molecule has 0 fully saturated rings. The zero-order valence-electron chi connectivity index (χ0n) is 15.0. The fraction of sp³-hybridized carbons (Fsp3) is 0.167. The molecule has 0 aliphatic carbocycles. The smallest absolute Gasteiger partial charge is 0.263 e. The Balaban J connectivity index is 1.73. The highest BCUT2D eigenvalue weighted by atomic mass is 32.2. The Morgan fingerprint density at radius 3 is 3.00 bits per heavy atom. The van der Waals surface area contributed by atoms with Crippen molar-refractivity contribution in [1.82, 2.24) is 20.2 Å². The molecule has 0 radical (unpaired) electrons. The van der Waals surface area contributed by atoms with Crippen LogP contribution in [-0.2, 0) is 4.84 Å². The highest BCUT2D eigenvalue weighted by molar-refractivity contribution is 7.98. The van der Waals surface area contributed by atoms with Gasteiger partial charge in [0, 0.05) is 16.7 Å². The van der Waals surface area contributed by atoms with Crippen molar-refractivity contribution in [1.29, 1.82) is 0 Å². The topological polar surface area (TPSA) is 95.5 Å². The monoisotopic (exact) mass is 413 g/mol. The van der Waals surface area contributed by atoms with E-state index in [0.717, 1.165) is 20.7 Å². The average molecular weight is 413 g/mol. The summed E-state index contributed by atoms with van der Waals surface area (Å²) in [6.45, 7) is 0. The van der Waals surface area contributed by atoms with Crippen LogP contribution in [-0.4, -0.2) is 39.7 Å². The normalized spacial score (nSPS) is 12.5. The molecule has 1 atom stereocenters. The average Bonchev–Trinajstić information content (AvgIpc) is 3.41. The summed E-state index contributed by atoms with van der Waals surface area (Å²) < 4.78 is 12.6. The Hall–Kier alpha value is -2.98. The van der Waals surface area contributed by atoms with Gasteiger partial charge in [0.1, 0.15) is 12.9 Å². The molecule has 142 valence electrons. The lowest BCUT2D eigenvalue weighted by Gasteiger charge is -2.16. The molecule has 3 aromatic heterocycles. The van der Waals surface area contributed by atoms with Gasteiger partial charge >= 0.3 is 0 Å². The molecule has 8 nitrogen and oxygen atoms in total. The first-order valence-corrected chi connectivity index (χ1v) is 10.3.